The Bertz CT molecular complexity index is 1740. The van der Waals surface area contributed by atoms with E-state index in [-0.39, 0.29) is 24.7 Å². The molecule has 0 spiro atoms. The number of carbonyl (C=O) groups excluding carboxylic acids is 1. The van der Waals surface area contributed by atoms with Crippen molar-refractivity contribution in [2.45, 2.75) is 135 Å². The molecule has 3 heterocycles. The highest BCUT2D eigenvalue weighted by Gasteiger charge is 2.46. The van der Waals surface area contributed by atoms with E-state index in [2.05, 4.69) is 11.1 Å². The van der Waals surface area contributed by atoms with Crippen LogP contribution in [0, 0.1) is 17.8 Å². The number of hydrogen-bond acceptors (Lipinski definition) is 13. The van der Waals surface area contributed by atoms with Gasteiger partial charge >= 0.3 is 5.97 Å². The van der Waals surface area contributed by atoms with Gasteiger partial charge in [0.1, 0.15) is 36.4 Å². The Hall–Kier alpha value is -4.02. The Morgan fingerprint density at radius 1 is 0.803 bits per heavy atom. The van der Waals surface area contributed by atoms with Crippen LogP contribution in [0.1, 0.15) is 78.8 Å². The standard InChI is InChI=1S/C48H69NO12/c1-30-20-14-10-13-17-25-42(54)61-44(34(5)39(52)27-33(4)50)31(2)21-15-11-12-16-23-38(51)28-40(53)35(6)47-49-37(29-58-47)22-18-19-24-41(32(3)26-30)60-48-46(57-9)45(56-8)43(55)36(7)59-48/h10-26,29,31-36,38-41,43-46,48,50-53,55H,27-28H2,1-9H3/b12-11-,13-10-,20-14-,21-15-,22-18-,23-16-,24-19-,25-17-,30-26-/t31?,32?,33?,34?,35?,36-,38?,39?,40?,41?,43-,44?,45+,46-,48+/m1/s1. The third-order valence-electron chi connectivity index (χ3n) is 10.8. The molecule has 5 N–H and O–H groups in total. The minimum Gasteiger partial charge on any atom is -0.458 e. The van der Waals surface area contributed by atoms with Gasteiger partial charge in [0.2, 0.25) is 0 Å². The number of nitrogens with zero attached hydrogens (tertiary/aromatic N) is 1. The molecule has 1 aromatic heterocycles. The maximum atomic E-state index is 13.0. The predicted octanol–water partition coefficient (Wildman–Crippen LogP) is 6.23. The predicted molar refractivity (Wildman–Crippen MR) is 235 cm³/mol. The molecule has 15 atom stereocenters. The van der Waals surface area contributed by atoms with E-state index < -0.39 is 85.1 Å². The summed E-state index contributed by atoms with van der Waals surface area (Å²) in [5.74, 6) is -1.69. The quantitative estimate of drug-likeness (QED) is 0.185. The van der Waals surface area contributed by atoms with Gasteiger partial charge in [-0.1, -0.05) is 124 Å². The molecule has 3 rings (SSSR count). The van der Waals surface area contributed by atoms with E-state index in [1.165, 1.54) is 26.6 Å². The third-order valence-corrected chi connectivity index (χ3v) is 10.8. The summed E-state index contributed by atoms with van der Waals surface area (Å²) in [5.41, 5.74) is 1.49. The average molecular weight is 852 g/mol. The number of methoxy groups -OCH3 is 2. The van der Waals surface area contributed by atoms with Crippen molar-refractivity contribution in [1.29, 1.82) is 0 Å². The number of ether oxygens (including phenoxy) is 5. The van der Waals surface area contributed by atoms with Crippen LogP contribution in [0.25, 0.3) is 6.08 Å². The summed E-state index contributed by atoms with van der Waals surface area (Å²) in [7, 11) is 3.03. The van der Waals surface area contributed by atoms with Crippen LogP contribution in [0.15, 0.2) is 113 Å². The number of cyclic esters (lactones) is 1. The zero-order chi connectivity index (χ0) is 45.1. The Morgan fingerprint density at radius 2 is 1.43 bits per heavy atom. The fourth-order valence-corrected chi connectivity index (χ4v) is 7.08. The summed E-state index contributed by atoms with van der Waals surface area (Å²) in [6.07, 6.45) is 23.2. The van der Waals surface area contributed by atoms with Crippen molar-refractivity contribution < 1.29 is 58.4 Å². The van der Waals surface area contributed by atoms with E-state index in [4.69, 9.17) is 28.1 Å². The third kappa shape index (κ3) is 17.0. The molecule has 1 fully saturated rings. The number of oxazole rings is 1. The summed E-state index contributed by atoms with van der Waals surface area (Å²) in [6, 6.07) is 0. The Kier molecular flexibility index (Phi) is 22.3. The lowest BCUT2D eigenvalue weighted by Crippen LogP contribution is -2.59. The van der Waals surface area contributed by atoms with Crippen molar-refractivity contribution in [3.8, 4) is 0 Å². The number of aliphatic hydroxyl groups excluding tert-OH is 5. The zero-order valence-corrected chi connectivity index (χ0v) is 37.0. The molecular weight excluding hydrogens is 783 g/mol. The van der Waals surface area contributed by atoms with Crippen LogP contribution in [0.2, 0.25) is 0 Å². The van der Waals surface area contributed by atoms with Crippen molar-refractivity contribution in [2.24, 2.45) is 17.8 Å². The van der Waals surface area contributed by atoms with Crippen LogP contribution < -0.4 is 0 Å². The van der Waals surface area contributed by atoms with Crippen LogP contribution in [0.3, 0.4) is 0 Å². The number of carbonyl (C=O) groups is 1. The largest absolute Gasteiger partial charge is 0.458 e. The second-order valence-corrected chi connectivity index (χ2v) is 16.0. The van der Waals surface area contributed by atoms with Crippen molar-refractivity contribution in [3.63, 3.8) is 0 Å². The molecular formula is C48H69NO12. The Balaban J connectivity index is 1.94. The topological polar surface area (TPSA) is 190 Å². The van der Waals surface area contributed by atoms with Crippen molar-refractivity contribution in [3.05, 3.63) is 121 Å². The maximum absolute atomic E-state index is 13.0. The van der Waals surface area contributed by atoms with E-state index in [0.717, 1.165) is 5.57 Å². The molecule has 0 aliphatic carbocycles. The van der Waals surface area contributed by atoms with Crippen LogP contribution in [-0.4, -0.2) is 118 Å². The Morgan fingerprint density at radius 3 is 2.10 bits per heavy atom. The highest BCUT2D eigenvalue weighted by molar-refractivity contribution is 5.82. The van der Waals surface area contributed by atoms with Gasteiger partial charge in [-0.25, -0.2) is 9.78 Å². The van der Waals surface area contributed by atoms with Gasteiger partial charge < -0.3 is 53.6 Å². The zero-order valence-electron chi connectivity index (χ0n) is 37.0. The molecule has 2 aliphatic rings. The summed E-state index contributed by atoms with van der Waals surface area (Å²) < 4.78 is 35.5. The number of fused-ring (bicyclic) bond motifs is 2. The van der Waals surface area contributed by atoms with E-state index in [1.807, 2.05) is 51.2 Å². The fraction of sp³-hybridized carbons (Fsp3) is 0.542. The molecule has 0 saturated carbocycles. The van der Waals surface area contributed by atoms with Gasteiger partial charge in [0, 0.05) is 44.5 Å². The molecule has 0 amide bonds. The monoisotopic (exact) mass is 851 g/mol. The van der Waals surface area contributed by atoms with E-state index in [0.29, 0.717) is 11.6 Å². The molecule has 0 radical (unpaired) electrons. The second kappa shape index (κ2) is 26.5. The van der Waals surface area contributed by atoms with Gasteiger partial charge in [-0.2, -0.15) is 0 Å². The number of aromatic nitrogens is 1. The summed E-state index contributed by atoms with van der Waals surface area (Å²) in [5, 5.41) is 52.9. The number of esters is 1. The first kappa shape index (κ1) is 51.3. The Labute approximate surface area is 361 Å². The molecule has 61 heavy (non-hydrogen) atoms. The lowest BCUT2D eigenvalue weighted by Gasteiger charge is -2.43. The fourth-order valence-electron chi connectivity index (χ4n) is 7.08. The lowest BCUT2D eigenvalue weighted by molar-refractivity contribution is -0.310. The molecule has 338 valence electrons. The maximum Gasteiger partial charge on any atom is 0.331 e. The van der Waals surface area contributed by atoms with Gasteiger partial charge in [-0.05, 0) is 33.3 Å². The first-order valence-corrected chi connectivity index (χ1v) is 21.0. The minimum absolute atomic E-state index is 0.0550. The second-order valence-electron chi connectivity index (χ2n) is 16.0. The average Bonchev–Trinajstić information content (AvgIpc) is 3.69. The minimum atomic E-state index is -0.939. The lowest BCUT2D eigenvalue weighted by atomic mass is 9.86. The number of hydrogen-bond donors (Lipinski definition) is 5. The van der Waals surface area contributed by atoms with E-state index in [1.54, 1.807) is 88.5 Å². The molecule has 13 nitrogen and oxygen atoms in total. The highest BCUT2D eigenvalue weighted by atomic mass is 16.7. The van der Waals surface area contributed by atoms with Crippen molar-refractivity contribution in [1.82, 2.24) is 4.98 Å². The number of rotatable bonds is 8. The molecule has 0 aromatic carbocycles. The van der Waals surface area contributed by atoms with Crippen molar-refractivity contribution >= 4 is 12.0 Å². The normalized spacial score (nSPS) is 38.1. The van der Waals surface area contributed by atoms with Gasteiger partial charge in [0.25, 0.3) is 0 Å². The van der Waals surface area contributed by atoms with Gasteiger partial charge in [-0.3, -0.25) is 0 Å². The summed E-state index contributed by atoms with van der Waals surface area (Å²) in [4.78, 5) is 17.5. The first-order valence-electron chi connectivity index (χ1n) is 21.0. The van der Waals surface area contributed by atoms with Crippen LogP contribution in [-0.2, 0) is 28.5 Å². The molecule has 10 unspecified atom stereocenters. The first-order chi connectivity index (χ1) is 29.1. The SMILES string of the molecule is CO[C@H]1[C@H](OC2/C=C\C=C/c3coc(n3)C(C)C(O)CC(O)\C=C/C=C\C=C/C(C)C(C(C)C(O)CC(C)O)OC(=O)\C=C/C=C\C=C/C(C)=C\C2C)O[C@H](C)[C@@H](O)[C@@H]1OC. The van der Waals surface area contributed by atoms with Gasteiger partial charge in [-0.15, -0.1) is 0 Å². The molecule has 1 saturated heterocycles. The smallest absolute Gasteiger partial charge is 0.331 e. The molecule has 13 heteroatoms. The highest BCUT2D eigenvalue weighted by Crippen LogP contribution is 2.29. The molecule has 1 aromatic rings. The number of allylic oxidation sites excluding steroid dienone is 12. The van der Waals surface area contributed by atoms with E-state index in [9.17, 15) is 30.3 Å². The molecule has 2 aliphatic heterocycles. The van der Waals surface area contributed by atoms with Gasteiger partial charge in [0.05, 0.1) is 42.5 Å². The van der Waals surface area contributed by atoms with Gasteiger partial charge in [0.15, 0.2) is 12.2 Å². The van der Waals surface area contributed by atoms with E-state index >= 15 is 0 Å². The van der Waals surface area contributed by atoms with Crippen LogP contribution >= 0.6 is 0 Å². The van der Waals surface area contributed by atoms with Crippen molar-refractivity contribution in [2.75, 3.05) is 14.2 Å². The molecule has 2 bridgehead atoms. The summed E-state index contributed by atoms with van der Waals surface area (Å²) in [6.45, 7) is 12.8. The van der Waals surface area contributed by atoms with Crippen LogP contribution in [0.4, 0.5) is 0 Å². The number of aliphatic hydroxyl groups is 5. The summed E-state index contributed by atoms with van der Waals surface area (Å²) >= 11 is 0. The van der Waals surface area contributed by atoms with Crippen LogP contribution in [0.5, 0.6) is 0 Å².